The first kappa shape index (κ1) is 14.2. The number of nitriles is 1. The smallest absolute Gasteiger partial charge is 0.140 e. The summed E-state index contributed by atoms with van der Waals surface area (Å²) in [4.78, 5) is 0. The fourth-order valence-electron chi connectivity index (χ4n) is 1.93. The lowest BCUT2D eigenvalue weighted by atomic mass is 10.1. The first-order chi connectivity index (χ1) is 9.60. The molecule has 0 saturated carbocycles. The fourth-order valence-corrected chi connectivity index (χ4v) is 1.93. The van der Waals surface area contributed by atoms with Gasteiger partial charge in [0.2, 0.25) is 0 Å². The standard InChI is InChI=1S/C16H14F2N2/c1-11(13-3-2-4-15(17)8-13)20-10-12-5-6-16(18)14(7-12)9-19/h2-8,11,20H,10H2,1H3/t11-/m1/s1. The maximum atomic E-state index is 13.2. The molecule has 2 aromatic carbocycles. The molecule has 0 bridgehead atoms. The highest BCUT2D eigenvalue weighted by atomic mass is 19.1. The fraction of sp³-hybridized carbons (Fsp3) is 0.188. The molecule has 0 spiro atoms. The first-order valence-corrected chi connectivity index (χ1v) is 6.27. The van der Waals surface area contributed by atoms with Crippen molar-refractivity contribution in [2.24, 2.45) is 0 Å². The van der Waals surface area contributed by atoms with E-state index in [1.165, 1.54) is 24.3 Å². The molecule has 0 aromatic heterocycles. The second-order valence-corrected chi connectivity index (χ2v) is 4.58. The van der Waals surface area contributed by atoms with Gasteiger partial charge >= 0.3 is 0 Å². The Labute approximate surface area is 116 Å². The van der Waals surface area contributed by atoms with Gasteiger partial charge in [-0.1, -0.05) is 18.2 Å². The number of nitrogens with one attached hydrogen (secondary N) is 1. The van der Waals surface area contributed by atoms with Crippen LogP contribution in [0.25, 0.3) is 0 Å². The Kier molecular flexibility index (Phi) is 4.44. The maximum Gasteiger partial charge on any atom is 0.140 e. The van der Waals surface area contributed by atoms with Crippen LogP contribution in [0.1, 0.15) is 29.7 Å². The van der Waals surface area contributed by atoms with Gasteiger partial charge in [-0.3, -0.25) is 0 Å². The van der Waals surface area contributed by atoms with Crippen LogP contribution < -0.4 is 5.32 Å². The van der Waals surface area contributed by atoms with Crippen LogP contribution in [-0.2, 0) is 6.54 Å². The van der Waals surface area contributed by atoms with E-state index in [9.17, 15) is 8.78 Å². The largest absolute Gasteiger partial charge is 0.306 e. The summed E-state index contributed by atoms with van der Waals surface area (Å²) in [7, 11) is 0. The van der Waals surface area contributed by atoms with E-state index in [0.29, 0.717) is 6.54 Å². The molecule has 0 radical (unpaired) electrons. The van der Waals surface area contributed by atoms with Crippen LogP contribution in [0.3, 0.4) is 0 Å². The minimum absolute atomic E-state index is 0.0303. The first-order valence-electron chi connectivity index (χ1n) is 6.27. The predicted molar refractivity (Wildman–Crippen MR) is 72.8 cm³/mol. The third-order valence-corrected chi connectivity index (χ3v) is 3.11. The normalized spacial score (nSPS) is 11.9. The Bertz CT molecular complexity index is 647. The second-order valence-electron chi connectivity index (χ2n) is 4.58. The topological polar surface area (TPSA) is 35.8 Å². The van der Waals surface area contributed by atoms with Gasteiger partial charge in [-0.15, -0.1) is 0 Å². The van der Waals surface area contributed by atoms with Crippen molar-refractivity contribution in [1.29, 1.82) is 5.26 Å². The van der Waals surface area contributed by atoms with Crippen molar-refractivity contribution >= 4 is 0 Å². The Hall–Kier alpha value is -2.25. The van der Waals surface area contributed by atoms with Gasteiger partial charge in [0.25, 0.3) is 0 Å². The van der Waals surface area contributed by atoms with E-state index in [2.05, 4.69) is 5.32 Å². The molecular formula is C16H14F2N2. The summed E-state index contributed by atoms with van der Waals surface area (Å²) in [6.07, 6.45) is 0. The van der Waals surface area contributed by atoms with Crippen molar-refractivity contribution < 1.29 is 8.78 Å². The van der Waals surface area contributed by atoms with Crippen molar-refractivity contribution in [2.45, 2.75) is 19.5 Å². The lowest BCUT2D eigenvalue weighted by molar-refractivity contribution is 0.563. The highest BCUT2D eigenvalue weighted by Crippen LogP contribution is 2.15. The molecule has 1 N–H and O–H groups in total. The number of hydrogen-bond acceptors (Lipinski definition) is 2. The van der Waals surface area contributed by atoms with Crippen LogP contribution >= 0.6 is 0 Å². The van der Waals surface area contributed by atoms with Crippen molar-refractivity contribution in [3.05, 3.63) is 70.8 Å². The maximum absolute atomic E-state index is 13.2. The van der Waals surface area contributed by atoms with E-state index in [-0.39, 0.29) is 17.4 Å². The van der Waals surface area contributed by atoms with Crippen LogP contribution in [0.2, 0.25) is 0 Å². The van der Waals surface area contributed by atoms with Gasteiger partial charge in [0.05, 0.1) is 5.56 Å². The number of nitrogens with zero attached hydrogens (tertiary/aromatic N) is 1. The summed E-state index contributed by atoms with van der Waals surface area (Å²) < 4.78 is 26.3. The zero-order chi connectivity index (χ0) is 14.5. The van der Waals surface area contributed by atoms with Crippen LogP contribution in [0, 0.1) is 23.0 Å². The van der Waals surface area contributed by atoms with E-state index in [1.54, 1.807) is 12.1 Å². The van der Waals surface area contributed by atoms with Gasteiger partial charge in [-0.25, -0.2) is 8.78 Å². The van der Waals surface area contributed by atoms with Gasteiger partial charge in [0, 0.05) is 12.6 Å². The lowest BCUT2D eigenvalue weighted by Crippen LogP contribution is -2.18. The molecular weight excluding hydrogens is 258 g/mol. The molecule has 0 saturated heterocycles. The summed E-state index contributed by atoms with van der Waals surface area (Å²) in [6, 6.07) is 12.6. The summed E-state index contributed by atoms with van der Waals surface area (Å²) >= 11 is 0. The molecule has 0 aliphatic rings. The molecule has 2 nitrogen and oxygen atoms in total. The van der Waals surface area contributed by atoms with Crippen molar-refractivity contribution in [1.82, 2.24) is 5.32 Å². The van der Waals surface area contributed by atoms with E-state index < -0.39 is 5.82 Å². The Morgan fingerprint density at radius 2 is 2.00 bits per heavy atom. The van der Waals surface area contributed by atoms with Gasteiger partial charge < -0.3 is 5.32 Å². The van der Waals surface area contributed by atoms with Gasteiger partial charge in [-0.05, 0) is 42.3 Å². The molecule has 0 aliphatic carbocycles. The van der Waals surface area contributed by atoms with Crippen LogP contribution in [0.5, 0.6) is 0 Å². The Morgan fingerprint density at radius 3 is 2.70 bits per heavy atom. The quantitative estimate of drug-likeness (QED) is 0.921. The van der Waals surface area contributed by atoms with Crippen molar-refractivity contribution in [2.75, 3.05) is 0 Å². The van der Waals surface area contributed by atoms with E-state index in [1.807, 2.05) is 19.1 Å². The molecule has 1 atom stereocenters. The highest BCUT2D eigenvalue weighted by molar-refractivity contribution is 5.34. The SMILES string of the molecule is C[C@@H](NCc1ccc(F)c(C#N)c1)c1cccc(F)c1. The molecule has 2 rings (SSSR count). The van der Waals surface area contributed by atoms with Crippen molar-refractivity contribution in [3.8, 4) is 6.07 Å². The average molecular weight is 272 g/mol. The molecule has 2 aromatic rings. The van der Waals surface area contributed by atoms with Gasteiger partial charge in [-0.2, -0.15) is 5.26 Å². The zero-order valence-electron chi connectivity index (χ0n) is 11.0. The second kappa shape index (κ2) is 6.27. The minimum atomic E-state index is -0.519. The summed E-state index contributed by atoms with van der Waals surface area (Å²) in [6.45, 7) is 2.40. The molecule has 0 heterocycles. The van der Waals surface area contributed by atoms with Crippen LogP contribution in [0.4, 0.5) is 8.78 Å². The van der Waals surface area contributed by atoms with E-state index >= 15 is 0 Å². The summed E-state index contributed by atoms with van der Waals surface area (Å²) in [5, 5.41) is 12.0. The van der Waals surface area contributed by atoms with E-state index in [4.69, 9.17) is 5.26 Å². The zero-order valence-corrected chi connectivity index (χ0v) is 11.0. The Morgan fingerprint density at radius 1 is 1.20 bits per heavy atom. The average Bonchev–Trinajstić information content (AvgIpc) is 2.46. The molecule has 4 heteroatoms. The number of rotatable bonds is 4. The van der Waals surface area contributed by atoms with Gasteiger partial charge in [0.15, 0.2) is 0 Å². The molecule has 0 aliphatic heterocycles. The highest BCUT2D eigenvalue weighted by Gasteiger charge is 2.07. The Balaban J connectivity index is 2.04. The van der Waals surface area contributed by atoms with Crippen molar-refractivity contribution in [3.63, 3.8) is 0 Å². The molecule has 0 amide bonds. The number of benzene rings is 2. The monoisotopic (exact) mass is 272 g/mol. The lowest BCUT2D eigenvalue weighted by Gasteiger charge is -2.14. The summed E-state index contributed by atoms with van der Waals surface area (Å²) in [5.74, 6) is -0.792. The van der Waals surface area contributed by atoms with E-state index in [0.717, 1.165) is 11.1 Å². The minimum Gasteiger partial charge on any atom is -0.306 e. The van der Waals surface area contributed by atoms with Gasteiger partial charge in [0.1, 0.15) is 17.7 Å². The van der Waals surface area contributed by atoms with Crippen LogP contribution in [-0.4, -0.2) is 0 Å². The number of halogens is 2. The molecule has 102 valence electrons. The number of hydrogen-bond donors (Lipinski definition) is 1. The predicted octanol–water partition coefficient (Wildman–Crippen LogP) is 3.69. The summed E-state index contributed by atoms with van der Waals surface area (Å²) in [5.41, 5.74) is 1.68. The third-order valence-electron chi connectivity index (χ3n) is 3.11. The molecule has 20 heavy (non-hydrogen) atoms. The molecule has 0 fully saturated rings. The van der Waals surface area contributed by atoms with Crippen LogP contribution in [0.15, 0.2) is 42.5 Å². The molecule has 0 unspecified atom stereocenters. The third kappa shape index (κ3) is 3.40.